The molecule has 3 aromatic heterocycles. The minimum atomic E-state index is -0.495. The highest BCUT2D eigenvalue weighted by Gasteiger charge is 2.28. The second-order valence-corrected chi connectivity index (χ2v) is 10.8. The van der Waals surface area contributed by atoms with Crippen molar-refractivity contribution in [3.05, 3.63) is 65.9 Å². The van der Waals surface area contributed by atoms with Crippen LogP contribution in [0.5, 0.6) is 5.75 Å². The van der Waals surface area contributed by atoms with Crippen molar-refractivity contribution < 1.29 is 14.3 Å². The van der Waals surface area contributed by atoms with Gasteiger partial charge in [-0.05, 0) is 70.4 Å². The topological polar surface area (TPSA) is 113 Å². The molecule has 5 rings (SSSR count). The fraction of sp³-hybridized carbons (Fsp3) is 0.429. The molecule has 0 unspecified atom stereocenters. The molecule has 1 aliphatic heterocycles. The molecular formula is C28H34N8O3. The molecule has 0 aliphatic carbocycles. The molecule has 11 heteroatoms. The monoisotopic (exact) mass is 530 g/mol. The third-order valence-electron chi connectivity index (χ3n) is 6.64. The Morgan fingerprint density at radius 1 is 1.08 bits per heavy atom. The first-order chi connectivity index (χ1) is 18.7. The molecule has 4 aromatic rings. The lowest BCUT2D eigenvalue weighted by Gasteiger charge is -2.32. The Balaban J connectivity index is 1.20. The van der Waals surface area contributed by atoms with Crippen molar-refractivity contribution >= 4 is 6.09 Å². The number of carbonyl (C=O) groups is 1. The van der Waals surface area contributed by atoms with E-state index in [1.165, 1.54) is 0 Å². The molecule has 1 fully saturated rings. The molecule has 0 saturated carbocycles. The maximum atomic E-state index is 12.3. The predicted molar refractivity (Wildman–Crippen MR) is 144 cm³/mol. The van der Waals surface area contributed by atoms with Crippen molar-refractivity contribution in [2.75, 3.05) is 13.1 Å². The van der Waals surface area contributed by atoms with Gasteiger partial charge in [-0.15, -0.1) is 15.3 Å². The Bertz CT molecular complexity index is 1430. The number of likely N-dealkylation sites (tertiary alicyclic amines) is 1. The number of nitrogens with zero attached hydrogens (tertiary/aromatic N) is 8. The average Bonchev–Trinajstić information content (AvgIpc) is 3.54. The summed E-state index contributed by atoms with van der Waals surface area (Å²) in [6.07, 6.45) is 5.06. The second kappa shape index (κ2) is 10.8. The molecule has 0 spiro atoms. The van der Waals surface area contributed by atoms with Crippen molar-refractivity contribution in [2.45, 2.75) is 58.7 Å². The maximum Gasteiger partial charge on any atom is 0.410 e. The van der Waals surface area contributed by atoms with Gasteiger partial charge in [0.1, 0.15) is 23.7 Å². The minimum Gasteiger partial charge on any atom is -0.486 e. The minimum absolute atomic E-state index is 0.240. The Morgan fingerprint density at radius 3 is 2.56 bits per heavy atom. The van der Waals surface area contributed by atoms with Gasteiger partial charge in [-0.2, -0.15) is 0 Å². The van der Waals surface area contributed by atoms with Gasteiger partial charge >= 0.3 is 6.09 Å². The van der Waals surface area contributed by atoms with Crippen molar-refractivity contribution in [2.24, 2.45) is 7.05 Å². The zero-order valence-corrected chi connectivity index (χ0v) is 23.0. The summed E-state index contributed by atoms with van der Waals surface area (Å²) < 4.78 is 15.0. The van der Waals surface area contributed by atoms with Crippen molar-refractivity contribution in [3.8, 4) is 23.0 Å². The smallest absolute Gasteiger partial charge is 0.410 e. The van der Waals surface area contributed by atoms with Crippen LogP contribution in [-0.2, 0) is 18.4 Å². The Labute approximate surface area is 227 Å². The van der Waals surface area contributed by atoms with Gasteiger partial charge in [-0.1, -0.05) is 17.3 Å². The lowest BCUT2D eigenvalue weighted by atomic mass is 9.94. The van der Waals surface area contributed by atoms with E-state index in [2.05, 4.69) is 25.5 Å². The number of aryl methyl sites for hydroxylation is 1. The highest BCUT2D eigenvalue weighted by atomic mass is 16.6. The maximum absolute atomic E-state index is 12.3. The van der Waals surface area contributed by atoms with Crippen molar-refractivity contribution in [1.82, 2.24) is 39.6 Å². The number of aromatic nitrogens is 7. The number of ether oxygens (including phenoxy) is 2. The third kappa shape index (κ3) is 6.24. The van der Waals surface area contributed by atoms with Crippen LogP contribution in [0.25, 0.3) is 17.2 Å². The number of amides is 1. The van der Waals surface area contributed by atoms with Gasteiger partial charge in [0, 0.05) is 26.1 Å². The van der Waals surface area contributed by atoms with E-state index in [1.807, 2.05) is 81.9 Å². The highest BCUT2D eigenvalue weighted by molar-refractivity contribution is 5.68. The van der Waals surface area contributed by atoms with Gasteiger partial charge in [0.25, 0.3) is 0 Å². The molecule has 1 saturated heterocycles. The molecular weight excluding hydrogens is 496 g/mol. The zero-order valence-electron chi connectivity index (χ0n) is 23.0. The first-order valence-corrected chi connectivity index (χ1v) is 13.1. The van der Waals surface area contributed by atoms with Crippen LogP contribution in [0.4, 0.5) is 4.79 Å². The number of benzene rings is 1. The van der Waals surface area contributed by atoms with Crippen LogP contribution in [0.1, 0.15) is 56.6 Å². The van der Waals surface area contributed by atoms with Crippen LogP contribution in [0.3, 0.4) is 0 Å². The normalized spacial score (nSPS) is 14.4. The number of rotatable bonds is 6. The van der Waals surface area contributed by atoms with E-state index in [-0.39, 0.29) is 12.0 Å². The lowest BCUT2D eigenvalue weighted by Crippen LogP contribution is -2.41. The molecule has 1 aliphatic rings. The van der Waals surface area contributed by atoms with E-state index in [1.54, 1.807) is 15.8 Å². The van der Waals surface area contributed by atoms with Gasteiger partial charge in [0.05, 0.1) is 23.8 Å². The fourth-order valence-electron chi connectivity index (χ4n) is 4.49. The molecule has 1 aromatic carbocycles. The Morgan fingerprint density at radius 2 is 1.87 bits per heavy atom. The summed E-state index contributed by atoms with van der Waals surface area (Å²) in [4.78, 5) is 18.7. The van der Waals surface area contributed by atoms with E-state index >= 15 is 0 Å². The van der Waals surface area contributed by atoms with Crippen LogP contribution in [0.15, 0.2) is 48.8 Å². The molecule has 0 atom stereocenters. The molecule has 0 radical (unpaired) electrons. The molecule has 39 heavy (non-hydrogen) atoms. The van der Waals surface area contributed by atoms with E-state index < -0.39 is 5.60 Å². The van der Waals surface area contributed by atoms with E-state index in [0.717, 1.165) is 35.5 Å². The highest BCUT2D eigenvalue weighted by Crippen LogP contribution is 2.28. The lowest BCUT2D eigenvalue weighted by molar-refractivity contribution is 0.0204. The summed E-state index contributed by atoms with van der Waals surface area (Å²) in [5.41, 5.74) is 3.05. The third-order valence-corrected chi connectivity index (χ3v) is 6.64. The van der Waals surface area contributed by atoms with E-state index in [4.69, 9.17) is 9.47 Å². The summed E-state index contributed by atoms with van der Waals surface area (Å²) in [6, 6.07) is 11.7. The van der Waals surface area contributed by atoms with Crippen LogP contribution >= 0.6 is 0 Å². The summed E-state index contributed by atoms with van der Waals surface area (Å²) in [7, 11) is 1.90. The molecule has 4 heterocycles. The Kier molecular flexibility index (Phi) is 7.32. The van der Waals surface area contributed by atoms with Crippen LogP contribution in [0, 0.1) is 6.92 Å². The molecule has 0 bridgehead atoms. The van der Waals surface area contributed by atoms with Gasteiger partial charge in [0.2, 0.25) is 0 Å². The van der Waals surface area contributed by atoms with Crippen LogP contribution in [0.2, 0.25) is 0 Å². The Hall–Kier alpha value is -4.28. The van der Waals surface area contributed by atoms with Crippen molar-refractivity contribution in [3.63, 3.8) is 0 Å². The largest absolute Gasteiger partial charge is 0.486 e. The number of piperidine rings is 1. The molecule has 0 N–H and O–H groups in total. The standard InChI is InChI=1S/C28H34N8O3/c1-19-7-6-8-22(15-19)38-18-25-31-32-26(34(25)5)23-10-9-21(16-29-23)36-17-24(30-33-36)20-11-13-35(14-12-20)27(37)39-28(2,3)4/h6-10,15-17,20H,11-14,18H2,1-5H3. The van der Waals surface area contributed by atoms with Crippen LogP contribution in [-0.4, -0.2) is 64.4 Å². The van der Waals surface area contributed by atoms with Gasteiger partial charge in [0.15, 0.2) is 11.6 Å². The SMILES string of the molecule is Cc1cccc(OCc2nnc(-c3ccc(-n4cc(C5CCN(C(=O)OC(C)(C)C)CC5)nn4)cn3)n2C)c1. The average molecular weight is 531 g/mol. The summed E-state index contributed by atoms with van der Waals surface area (Å²) in [5, 5.41) is 17.3. The van der Waals surface area contributed by atoms with Crippen LogP contribution < -0.4 is 4.74 Å². The summed E-state index contributed by atoms with van der Waals surface area (Å²) in [5.74, 6) is 2.39. The zero-order chi connectivity index (χ0) is 27.6. The van der Waals surface area contributed by atoms with E-state index in [0.29, 0.717) is 37.0 Å². The first-order valence-electron chi connectivity index (χ1n) is 13.1. The molecule has 1 amide bonds. The number of pyridine rings is 1. The number of hydrogen-bond donors (Lipinski definition) is 0. The summed E-state index contributed by atoms with van der Waals surface area (Å²) >= 11 is 0. The predicted octanol–water partition coefficient (Wildman–Crippen LogP) is 4.46. The number of hydrogen-bond acceptors (Lipinski definition) is 8. The van der Waals surface area contributed by atoms with E-state index in [9.17, 15) is 4.79 Å². The second-order valence-electron chi connectivity index (χ2n) is 10.8. The molecule has 204 valence electrons. The number of carbonyl (C=O) groups excluding carboxylic acids is 1. The van der Waals surface area contributed by atoms with Gasteiger partial charge in [-0.25, -0.2) is 9.48 Å². The quantitative estimate of drug-likeness (QED) is 0.359. The van der Waals surface area contributed by atoms with Crippen molar-refractivity contribution in [1.29, 1.82) is 0 Å². The molecule has 11 nitrogen and oxygen atoms in total. The first kappa shape index (κ1) is 26.3. The summed E-state index contributed by atoms with van der Waals surface area (Å²) in [6.45, 7) is 9.25. The van der Waals surface area contributed by atoms with Gasteiger partial charge in [-0.3, -0.25) is 4.98 Å². The fourth-order valence-corrected chi connectivity index (χ4v) is 4.49. The van der Waals surface area contributed by atoms with Gasteiger partial charge < -0.3 is 18.9 Å².